The molecule has 0 aromatic heterocycles. The monoisotopic (exact) mass is 296 g/mol. The van der Waals surface area contributed by atoms with Gasteiger partial charge in [0.2, 0.25) is 5.91 Å². The van der Waals surface area contributed by atoms with Crippen molar-refractivity contribution in [3.63, 3.8) is 0 Å². The van der Waals surface area contributed by atoms with Crippen LogP contribution in [-0.4, -0.2) is 16.8 Å². The van der Waals surface area contributed by atoms with Crippen molar-refractivity contribution in [2.24, 2.45) is 5.92 Å². The highest BCUT2D eigenvalue weighted by Crippen LogP contribution is 2.30. The summed E-state index contributed by atoms with van der Waals surface area (Å²) >= 11 is 0. The maximum atomic E-state index is 12.4. The molecule has 112 valence electrons. The van der Waals surface area contributed by atoms with Crippen molar-refractivity contribution in [3.05, 3.63) is 53.6 Å². The summed E-state index contributed by atoms with van der Waals surface area (Å²) in [5.74, 6) is -0.602. The quantitative estimate of drug-likeness (QED) is 0.742. The molecule has 4 N–H and O–H groups in total. The Bertz CT molecular complexity index is 738. The van der Waals surface area contributed by atoms with Crippen LogP contribution in [0.25, 0.3) is 0 Å². The highest BCUT2D eigenvalue weighted by atomic mass is 16.3. The highest BCUT2D eigenvalue weighted by Gasteiger charge is 2.29. The molecule has 0 saturated carbocycles. The van der Waals surface area contributed by atoms with E-state index in [1.807, 2.05) is 0 Å². The molecule has 1 aliphatic heterocycles. The van der Waals surface area contributed by atoms with E-state index in [9.17, 15) is 14.7 Å². The zero-order chi connectivity index (χ0) is 15.7. The van der Waals surface area contributed by atoms with Crippen LogP contribution in [0.3, 0.4) is 0 Å². The normalized spacial score (nSPS) is 17.5. The summed E-state index contributed by atoms with van der Waals surface area (Å²) in [5.41, 5.74) is 8.00. The van der Waals surface area contributed by atoms with E-state index in [1.165, 1.54) is 0 Å². The number of hydrogen-bond donors (Lipinski definition) is 3. The maximum absolute atomic E-state index is 12.4. The third-order valence-corrected chi connectivity index (χ3v) is 3.85. The van der Waals surface area contributed by atoms with E-state index in [-0.39, 0.29) is 23.9 Å². The summed E-state index contributed by atoms with van der Waals surface area (Å²) in [7, 11) is 0. The third kappa shape index (κ3) is 2.65. The number of aromatic hydroxyl groups is 1. The van der Waals surface area contributed by atoms with Crippen LogP contribution in [0.5, 0.6) is 5.75 Å². The molecule has 1 aliphatic rings. The number of phenols is 1. The molecule has 5 nitrogen and oxygen atoms in total. The summed E-state index contributed by atoms with van der Waals surface area (Å²) in [5, 5.41) is 12.1. The molecule has 1 heterocycles. The fourth-order valence-corrected chi connectivity index (χ4v) is 2.72. The second-order valence-corrected chi connectivity index (χ2v) is 5.45. The lowest BCUT2D eigenvalue weighted by Gasteiger charge is -2.12. The van der Waals surface area contributed by atoms with Crippen LogP contribution in [0, 0.1) is 5.92 Å². The van der Waals surface area contributed by atoms with Gasteiger partial charge in [-0.1, -0.05) is 18.2 Å². The number of carbonyl (C=O) groups is 2. The fourth-order valence-electron chi connectivity index (χ4n) is 2.72. The number of nitrogen functional groups attached to an aromatic ring is 1. The van der Waals surface area contributed by atoms with Crippen LogP contribution >= 0.6 is 0 Å². The van der Waals surface area contributed by atoms with Gasteiger partial charge in [-0.05, 0) is 36.2 Å². The van der Waals surface area contributed by atoms with Gasteiger partial charge in [-0.15, -0.1) is 0 Å². The molecular formula is C17H16N2O3. The molecule has 2 aromatic rings. The van der Waals surface area contributed by atoms with Crippen molar-refractivity contribution in [1.82, 2.24) is 0 Å². The Morgan fingerprint density at radius 2 is 1.86 bits per heavy atom. The van der Waals surface area contributed by atoms with Crippen LogP contribution in [0.4, 0.5) is 11.4 Å². The summed E-state index contributed by atoms with van der Waals surface area (Å²) in [4.78, 5) is 24.8. The molecule has 0 spiro atoms. The predicted octanol–water partition coefficient (Wildman–Crippen LogP) is 2.36. The number of nitrogens with two attached hydrogens (primary N) is 1. The number of hydrogen-bond acceptors (Lipinski definition) is 4. The Morgan fingerprint density at radius 3 is 2.59 bits per heavy atom. The van der Waals surface area contributed by atoms with Gasteiger partial charge >= 0.3 is 0 Å². The van der Waals surface area contributed by atoms with E-state index in [0.29, 0.717) is 23.4 Å². The number of anilines is 2. The molecule has 0 radical (unpaired) electrons. The largest absolute Gasteiger partial charge is 0.508 e. The molecular weight excluding hydrogens is 280 g/mol. The first-order valence-corrected chi connectivity index (χ1v) is 7.05. The molecule has 1 amide bonds. The Hall–Kier alpha value is -2.82. The van der Waals surface area contributed by atoms with Gasteiger partial charge in [-0.3, -0.25) is 9.59 Å². The van der Waals surface area contributed by atoms with Gasteiger partial charge in [-0.2, -0.15) is 0 Å². The fraction of sp³-hybridized carbons (Fsp3) is 0.176. The first-order chi connectivity index (χ1) is 10.5. The Morgan fingerprint density at radius 1 is 1.14 bits per heavy atom. The van der Waals surface area contributed by atoms with Crippen LogP contribution < -0.4 is 11.1 Å². The van der Waals surface area contributed by atoms with Crippen LogP contribution in [-0.2, 0) is 11.2 Å². The number of fused-ring (bicyclic) bond motifs is 1. The van der Waals surface area contributed by atoms with E-state index in [1.54, 1.807) is 42.5 Å². The molecule has 0 fully saturated rings. The second-order valence-electron chi connectivity index (χ2n) is 5.45. The number of amides is 1. The zero-order valence-electron chi connectivity index (χ0n) is 11.9. The molecule has 3 rings (SSSR count). The topological polar surface area (TPSA) is 92.4 Å². The number of nitrogens with one attached hydrogen (secondary N) is 1. The van der Waals surface area contributed by atoms with Crippen molar-refractivity contribution >= 4 is 23.1 Å². The van der Waals surface area contributed by atoms with Gasteiger partial charge in [0, 0.05) is 18.0 Å². The minimum atomic E-state index is -0.455. The van der Waals surface area contributed by atoms with Crippen LogP contribution in [0.15, 0.2) is 42.5 Å². The lowest BCUT2D eigenvalue weighted by molar-refractivity contribution is -0.119. The van der Waals surface area contributed by atoms with Crippen molar-refractivity contribution in [1.29, 1.82) is 0 Å². The highest BCUT2D eigenvalue weighted by molar-refractivity contribution is 6.12. The standard InChI is InChI=1S/C17H16N2O3/c18-13-2-1-3-14-16(13)15(21)9-11(17(22)19-14)8-10-4-6-12(20)7-5-10/h1-7,11,20H,8-9,18H2,(H,19,22)/t11-/m0/s1. The summed E-state index contributed by atoms with van der Waals surface area (Å²) in [6.07, 6.45) is 0.555. The third-order valence-electron chi connectivity index (χ3n) is 3.85. The second kappa shape index (κ2) is 5.52. The van der Waals surface area contributed by atoms with Gasteiger partial charge in [0.05, 0.1) is 11.3 Å². The number of benzene rings is 2. The van der Waals surface area contributed by atoms with E-state index in [2.05, 4.69) is 5.32 Å². The Balaban J connectivity index is 1.87. The van der Waals surface area contributed by atoms with Crippen molar-refractivity contribution in [2.45, 2.75) is 12.8 Å². The first kappa shape index (κ1) is 14.1. The van der Waals surface area contributed by atoms with Crippen molar-refractivity contribution in [2.75, 3.05) is 11.1 Å². The SMILES string of the molecule is Nc1cccc2c1C(=O)C[C@H](Cc1ccc(O)cc1)C(=O)N2. The number of Topliss-reactive ketones (excluding diaryl/α,β-unsaturated/α-hetero) is 1. The lowest BCUT2D eigenvalue weighted by Crippen LogP contribution is -2.23. The molecule has 0 aliphatic carbocycles. The Kier molecular flexibility index (Phi) is 3.55. The molecule has 1 atom stereocenters. The van der Waals surface area contributed by atoms with E-state index in [0.717, 1.165) is 5.56 Å². The van der Waals surface area contributed by atoms with Crippen LogP contribution in [0.1, 0.15) is 22.3 Å². The molecule has 0 unspecified atom stereocenters. The number of ketones is 1. The van der Waals surface area contributed by atoms with Crippen molar-refractivity contribution in [3.8, 4) is 5.75 Å². The van der Waals surface area contributed by atoms with Gasteiger partial charge < -0.3 is 16.2 Å². The summed E-state index contributed by atoms with van der Waals surface area (Å²) in [6.45, 7) is 0. The lowest BCUT2D eigenvalue weighted by atomic mass is 9.92. The molecule has 5 heteroatoms. The Labute approximate surface area is 127 Å². The average molecular weight is 296 g/mol. The number of rotatable bonds is 2. The van der Waals surface area contributed by atoms with Gasteiger partial charge in [0.15, 0.2) is 5.78 Å². The smallest absolute Gasteiger partial charge is 0.228 e. The summed E-state index contributed by atoms with van der Waals surface area (Å²) in [6, 6.07) is 11.7. The maximum Gasteiger partial charge on any atom is 0.228 e. The average Bonchev–Trinajstić information content (AvgIpc) is 2.59. The van der Waals surface area contributed by atoms with Gasteiger partial charge in [0.1, 0.15) is 5.75 Å². The van der Waals surface area contributed by atoms with Crippen LogP contribution in [0.2, 0.25) is 0 Å². The molecule has 22 heavy (non-hydrogen) atoms. The van der Waals surface area contributed by atoms with Gasteiger partial charge in [-0.25, -0.2) is 0 Å². The minimum Gasteiger partial charge on any atom is -0.508 e. The van der Waals surface area contributed by atoms with Gasteiger partial charge in [0.25, 0.3) is 0 Å². The van der Waals surface area contributed by atoms with E-state index >= 15 is 0 Å². The van der Waals surface area contributed by atoms with E-state index < -0.39 is 5.92 Å². The minimum absolute atomic E-state index is 0.119. The molecule has 2 aromatic carbocycles. The predicted molar refractivity (Wildman–Crippen MR) is 83.7 cm³/mol. The summed E-state index contributed by atoms with van der Waals surface area (Å²) < 4.78 is 0. The number of carbonyl (C=O) groups excluding carboxylic acids is 2. The van der Waals surface area contributed by atoms with E-state index in [4.69, 9.17) is 5.73 Å². The van der Waals surface area contributed by atoms with Crippen molar-refractivity contribution < 1.29 is 14.7 Å². The molecule has 0 saturated heterocycles. The number of phenolic OH excluding ortho intramolecular Hbond substituents is 1. The zero-order valence-corrected chi connectivity index (χ0v) is 11.9. The molecule has 0 bridgehead atoms. The first-order valence-electron chi connectivity index (χ1n) is 7.05.